The molecule has 0 saturated heterocycles. The second kappa shape index (κ2) is 9.66. The van der Waals surface area contributed by atoms with E-state index in [-0.39, 0.29) is 11.4 Å². The van der Waals surface area contributed by atoms with Crippen molar-refractivity contribution in [3.8, 4) is 0 Å². The van der Waals surface area contributed by atoms with Crippen LogP contribution in [0.3, 0.4) is 0 Å². The number of benzene rings is 2. The van der Waals surface area contributed by atoms with Crippen LogP contribution in [-0.4, -0.2) is 53.0 Å². The largest absolute Gasteiger partial charge is 0.354 e. The number of sulfonamides is 1. The number of carbonyl (C=O) groups is 1. The molecule has 0 saturated carbocycles. The van der Waals surface area contributed by atoms with Crippen LogP contribution >= 0.6 is 0 Å². The summed E-state index contributed by atoms with van der Waals surface area (Å²) in [7, 11) is -0.144. The van der Waals surface area contributed by atoms with Crippen molar-refractivity contribution >= 4 is 21.6 Å². The van der Waals surface area contributed by atoms with E-state index in [9.17, 15) is 17.6 Å². The zero-order valence-corrected chi connectivity index (χ0v) is 17.2. The molecule has 6 nitrogen and oxygen atoms in total. The van der Waals surface area contributed by atoms with Crippen molar-refractivity contribution in [3.05, 3.63) is 59.9 Å². The minimum atomic E-state index is -4.03. The highest BCUT2D eigenvalue weighted by Crippen LogP contribution is 2.24. The van der Waals surface area contributed by atoms with E-state index in [1.807, 2.05) is 25.9 Å². The number of carbonyl (C=O) groups excluding carboxylic acids is 1. The minimum Gasteiger partial charge on any atom is -0.354 e. The molecule has 2 rings (SSSR count). The number of anilines is 1. The summed E-state index contributed by atoms with van der Waals surface area (Å²) >= 11 is 0. The number of amides is 1. The Kier molecular flexibility index (Phi) is 7.53. The van der Waals surface area contributed by atoms with Crippen LogP contribution < -0.4 is 9.62 Å². The number of nitrogens with zero attached hydrogens (tertiary/aromatic N) is 2. The van der Waals surface area contributed by atoms with Crippen molar-refractivity contribution in [2.24, 2.45) is 0 Å². The van der Waals surface area contributed by atoms with Gasteiger partial charge in [0, 0.05) is 6.54 Å². The average molecular weight is 408 g/mol. The fourth-order valence-corrected chi connectivity index (χ4v) is 3.99. The first kappa shape index (κ1) is 21.8. The number of nitrogens with one attached hydrogen (secondary N) is 1. The molecular weight excluding hydrogens is 381 g/mol. The van der Waals surface area contributed by atoms with E-state index >= 15 is 0 Å². The molecule has 1 N–H and O–H groups in total. The third-order valence-corrected chi connectivity index (χ3v) is 5.90. The van der Waals surface area contributed by atoms with Gasteiger partial charge in [-0.25, -0.2) is 12.8 Å². The fraction of sp³-hybridized carbons (Fsp3) is 0.350. The molecule has 0 bridgehead atoms. The van der Waals surface area contributed by atoms with Crippen LogP contribution in [0.5, 0.6) is 0 Å². The lowest BCUT2D eigenvalue weighted by atomic mass is 10.2. The number of rotatable bonds is 9. The Morgan fingerprint density at radius 1 is 1.04 bits per heavy atom. The van der Waals surface area contributed by atoms with Crippen LogP contribution in [0.25, 0.3) is 0 Å². The summed E-state index contributed by atoms with van der Waals surface area (Å²) in [6.45, 7) is 2.80. The van der Waals surface area contributed by atoms with Gasteiger partial charge in [0.2, 0.25) is 5.91 Å². The lowest BCUT2D eigenvalue weighted by Gasteiger charge is -2.24. The van der Waals surface area contributed by atoms with Crippen molar-refractivity contribution in [1.82, 2.24) is 10.2 Å². The highest BCUT2D eigenvalue weighted by atomic mass is 32.2. The van der Waals surface area contributed by atoms with Crippen molar-refractivity contribution < 1.29 is 17.6 Å². The van der Waals surface area contributed by atoms with E-state index in [1.165, 1.54) is 12.1 Å². The molecule has 0 heterocycles. The normalized spacial score (nSPS) is 11.5. The van der Waals surface area contributed by atoms with Gasteiger partial charge in [-0.3, -0.25) is 9.10 Å². The Morgan fingerprint density at radius 3 is 2.21 bits per heavy atom. The standard InChI is InChI=1S/C20H26FN3O3S/c1-16-5-9-18(10-6-16)24(15-20(25)22-13-4-14-23(2)3)28(26,27)19-11-7-17(21)8-12-19/h5-12H,4,13-15H2,1-3H3,(H,22,25). The zero-order chi connectivity index (χ0) is 20.7. The highest BCUT2D eigenvalue weighted by Gasteiger charge is 2.27. The SMILES string of the molecule is Cc1ccc(N(CC(=O)NCCCN(C)C)S(=O)(=O)c2ccc(F)cc2)cc1. The molecule has 0 aliphatic carbocycles. The second-order valence-corrected chi connectivity index (χ2v) is 8.67. The van der Waals surface area contributed by atoms with Gasteiger partial charge in [-0.1, -0.05) is 17.7 Å². The summed E-state index contributed by atoms with van der Waals surface area (Å²) in [4.78, 5) is 14.3. The van der Waals surface area contributed by atoms with Gasteiger partial charge >= 0.3 is 0 Å². The summed E-state index contributed by atoms with van der Waals surface area (Å²) in [6.07, 6.45) is 0.758. The molecule has 0 aliphatic heterocycles. The second-order valence-electron chi connectivity index (χ2n) is 6.81. The summed E-state index contributed by atoms with van der Waals surface area (Å²) in [6, 6.07) is 11.4. The Bertz CT molecular complexity index is 882. The Balaban J connectivity index is 2.23. The van der Waals surface area contributed by atoms with Crippen LogP contribution in [0, 0.1) is 12.7 Å². The Morgan fingerprint density at radius 2 is 1.64 bits per heavy atom. The van der Waals surface area contributed by atoms with Crippen LogP contribution in [0.4, 0.5) is 10.1 Å². The number of hydrogen-bond donors (Lipinski definition) is 1. The predicted octanol–water partition coefficient (Wildman–Crippen LogP) is 2.40. The molecule has 1 amide bonds. The molecule has 2 aromatic carbocycles. The number of halogens is 1. The smallest absolute Gasteiger partial charge is 0.264 e. The summed E-state index contributed by atoms with van der Waals surface area (Å²) < 4.78 is 40.5. The molecule has 0 spiro atoms. The first-order valence-corrected chi connectivity index (χ1v) is 10.4. The molecule has 0 aromatic heterocycles. The maximum atomic E-state index is 13.2. The van der Waals surface area contributed by atoms with E-state index in [2.05, 4.69) is 5.32 Å². The molecule has 8 heteroatoms. The fourth-order valence-electron chi connectivity index (χ4n) is 2.57. The quantitative estimate of drug-likeness (QED) is 0.648. The third-order valence-electron chi connectivity index (χ3n) is 4.12. The van der Waals surface area contributed by atoms with Gasteiger partial charge in [0.15, 0.2) is 0 Å². The van der Waals surface area contributed by atoms with E-state index in [0.717, 1.165) is 35.0 Å². The monoisotopic (exact) mass is 407 g/mol. The van der Waals surface area contributed by atoms with Crippen molar-refractivity contribution in [2.45, 2.75) is 18.2 Å². The molecule has 0 radical (unpaired) electrons. The van der Waals surface area contributed by atoms with Gasteiger partial charge in [0.25, 0.3) is 10.0 Å². The molecule has 152 valence electrons. The van der Waals surface area contributed by atoms with Gasteiger partial charge in [-0.2, -0.15) is 0 Å². The average Bonchev–Trinajstić information content (AvgIpc) is 2.64. The lowest BCUT2D eigenvalue weighted by molar-refractivity contribution is -0.119. The van der Waals surface area contributed by atoms with Crippen LogP contribution in [0.15, 0.2) is 53.4 Å². The molecule has 0 atom stereocenters. The van der Waals surface area contributed by atoms with Crippen molar-refractivity contribution in [2.75, 3.05) is 38.0 Å². The summed E-state index contributed by atoms with van der Waals surface area (Å²) in [5.41, 5.74) is 1.34. The van der Waals surface area contributed by atoms with Crippen LogP contribution in [0.2, 0.25) is 0 Å². The topological polar surface area (TPSA) is 69.7 Å². The molecule has 2 aromatic rings. The lowest BCUT2D eigenvalue weighted by Crippen LogP contribution is -2.41. The van der Waals surface area contributed by atoms with Gasteiger partial charge in [-0.05, 0) is 70.4 Å². The van der Waals surface area contributed by atoms with E-state index in [4.69, 9.17) is 0 Å². The molecule has 28 heavy (non-hydrogen) atoms. The third kappa shape index (κ3) is 6.03. The highest BCUT2D eigenvalue weighted by molar-refractivity contribution is 7.92. The molecule has 0 fully saturated rings. The predicted molar refractivity (Wildman–Crippen MR) is 108 cm³/mol. The Hall–Kier alpha value is -2.45. The summed E-state index contributed by atoms with van der Waals surface area (Å²) in [5.74, 6) is -0.926. The van der Waals surface area contributed by atoms with Gasteiger partial charge < -0.3 is 10.2 Å². The van der Waals surface area contributed by atoms with E-state index in [0.29, 0.717) is 12.2 Å². The van der Waals surface area contributed by atoms with Gasteiger partial charge in [0.1, 0.15) is 12.4 Å². The van der Waals surface area contributed by atoms with Crippen molar-refractivity contribution in [1.29, 1.82) is 0 Å². The maximum Gasteiger partial charge on any atom is 0.264 e. The van der Waals surface area contributed by atoms with Gasteiger partial charge in [-0.15, -0.1) is 0 Å². The minimum absolute atomic E-state index is 0.0742. The zero-order valence-electron chi connectivity index (χ0n) is 16.4. The maximum absolute atomic E-state index is 13.2. The Labute approximate surface area is 166 Å². The van der Waals surface area contributed by atoms with Crippen molar-refractivity contribution in [3.63, 3.8) is 0 Å². The van der Waals surface area contributed by atoms with E-state index < -0.39 is 21.7 Å². The summed E-state index contributed by atoms with van der Waals surface area (Å²) in [5, 5.41) is 2.75. The van der Waals surface area contributed by atoms with Gasteiger partial charge in [0.05, 0.1) is 10.6 Å². The van der Waals surface area contributed by atoms with Crippen LogP contribution in [-0.2, 0) is 14.8 Å². The molecule has 0 aliphatic rings. The molecular formula is C20H26FN3O3S. The van der Waals surface area contributed by atoms with E-state index in [1.54, 1.807) is 24.3 Å². The van der Waals surface area contributed by atoms with Crippen LogP contribution in [0.1, 0.15) is 12.0 Å². The first-order valence-electron chi connectivity index (χ1n) is 8.96. The first-order chi connectivity index (χ1) is 13.2. The number of hydrogen-bond acceptors (Lipinski definition) is 4. The number of aryl methyl sites for hydroxylation is 1. The molecule has 0 unspecified atom stereocenters.